The fourth-order valence-electron chi connectivity index (χ4n) is 1.88. The van der Waals surface area contributed by atoms with Crippen LogP contribution in [0.3, 0.4) is 0 Å². The Bertz CT molecular complexity index is 598. The highest BCUT2D eigenvalue weighted by atomic mass is 16.5. The van der Waals surface area contributed by atoms with Gasteiger partial charge in [0, 0.05) is 5.69 Å². The highest BCUT2D eigenvalue weighted by Crippen LogP contribution is 2.16. The highest BCUT2D eigenvalue weighted by Gasteiger charge is 2.07. The summed E-state index contributed by atoms with van der Waals surface area (Å²) in [6.45, 7) is -0.173. The number of hydrogen-bond donors (Lipinski definition) is 3. The van der Waals surface area contributed by atoms with Crippen molar-refractivity contribution in [3.8, 4) is 0 Å². The number of anilines is 1. The predicted octanol–water partition coefficient (Wildman–Crippen LogP) is 2.42. The number of aliphatic hydroxyl groups excluding tert-OH is 2. The average molecular weight is 287 g/mol. The molecule has 2 aromatic carbocycles. The van der Waals surface area contributed by atoms with Crippen LogP contribution in [0.2, 0.25) is 0 Å². The molecule has 0 atom stereocenters. The summed E-state index contributed by atoms with van der Waals surface area (Å²) < 4.78 is 5.10. The van der Waals surface area contributed by atoms with E-state index in [1.165, 1.54) is 0 Å². The summed E-state index contributed by atoms with van der Waals surface area (Å²) >= 11 is 0. The molecule has 0 radical (unpaired) electrons. The van der Waals surface area contributed by atoms with E-state index in [0.29, 0.717) is 16.8 Å². The summed E-state index contributed by atoms with van der Waals surface area (Å²) in [4.78, 5) is 11.7. The minimum Gasteiger partial charge on any atom is -0.444 e. The number of carbonyl (C=O) groups excluding carboxylic acids is 1. The Morgan fingerprint density at radius 3 is 2.38 bits per heavy atom. The largest absolute Gasteiger partial charge is 0.444 e. The van der Waals surface area contributed by atoms with Crippen molar-refractivity contribution in [2.75, 3.05) is 5.32 Å². The molecule has 5 nitrogen and oxygen atoms in total. The van der Waals surface area contributed by atoms with E-state index in [1.807, 2.05) is 30.3 Å². The van der Waals surface area contributed by atoms with Crippen molar-refractivity contribution in [2.24, 2.45) is 0 Å². The van der Waals surface area contributed by atoms with Crippen LogP contribution in [0.15, 0.2) is 48.5 Å². The van der Waals surface area contributed by atoms with E-state index in [2.05, 4.69) is 5.32 Å². The molecule has 1 amide bonds. The molecule has 0 saturated heterocycles. The lowest BCUT2D eigenvalue weighted by Gasteiger charge is -2.10. The first-order valence-electron chi connectivity index (χ1n) is 6.54. The first-order chi connectivity index (χ1) is 10.2. The number of ether oxygens (including phenoxy) is 1. The second kappa shape index (κ2) is 7.42. The van der Waals surface area contributed by atoms with Gasteiger partial charge in [-0.3, -0.25) is 5.32 Å². The molecule has 0 unspecified atom stereocenters. The van der Waals surface area contributed by atoms with E-state index < -0.39 is 6.09 Å². The maximum Gasteiger partial charge on any atom is 0.411 e. The summed E-state index contributed by atoms with van der Waals surface area (Å²) in [6.07, 6.45) is -0.570. The van der Waals surface area contributed by atoms with Gasteiger partial charge < -0.3 is 14.9 Å². The first-order valence-corrected chi connectivity index (χ1v) is 6.54. The molecule has 5 heteroatoms. The Kier molecular flexibility index (Phi) is 5.31. The van der Waals surface area contributed by atoms with Crippen molar-refractivity contribution in [1.29, 1.82) is 0 Å². The molecule has 0 aliphatic rings. The summed E-state index contributed by atoms with van der Waals surface area (Å²) in [5, 5.41) is 20.9. The van der Waals surface area contributed by atoms with Crippen molar-refractivity contribution >= 4 is 11.8 Å². The van der Waals surface area contributed by atoms with Crippen LogP contribution in [0.1, 0.15) is 16.7 Å². The molecular formula is C16H17NO4. The topological polar surface area (TPSA) is 78.8 Å². The lowest BCUT2D eigenvalue weighted by atomic mass is 10.1. The molecule has 0 aliphatic carbocycles. The van der Waals surface area contributed by atoms with Crippen LogP contribution in [0, 0.1) is 0 Å². The van der Waals surface area contributed by atoms with Gasteiger partial charge in [-0.25, -0.2) is 4.79 Å². The van der Waals surface area contributed by atoms with Crippen LogP contribution in [0.25, 0.3) is 0 Å². The molecule has 0 aromatic heterocycles. The van der Waals surface area contributed by atoms with Gasteiger partial charge in [0.1, 0.15) is 6.61 Å². The third-order valence-corrected chi connectivity index (χ3v) is 3.01. The standard InChI is InChI=1S/C16H17NO4/c18-9-13-6-7-15(8-14(13)10-19)17-16(20)21-11-12-4-2-1-3-5-12/h1-8,18-19H,9-11H2,(H,17,20). The van der Waals surface area contributed by atoms with E-state index in [1.54, 1.807) is 18.2 Å². The Morgan fingerprint density at radius 2 is 1.71 bits per heavy atom. The Hall–Kier alpha value is -2.37. The molecule has 0 bridgehead atoms. The Morgan fingerprint density at radius 1 is 1.00 bits per heavy atom. The van der Waals surface area contributed by atoms with Crippen LogP contribution in [-0.4, -0.2) is 16.3 Å². The van der Waals surface area contributed by atoms with Crippen molar-refractivity contribution < 1.29 is 19.7 Å². The molecule has 0 fully saturated rings. The molecule has 2 aromatic rings. The number of rotatable bonds is 5. The molecule has 0 spiro atoms. The van der Waals surface area contributed by atoms with E-state index in [9.17, 15) is 9.90 Å². The lowest BCUT2D eigenvalue weighted by Crippen LogP contribution is -2.14. The molecule has 21 heavy (non-hydrogen) atoms. The fraction of sp³-hybridized carbons (Fsp3) is 0.188. The number of aliphatic hydroxyl groups is 2. The maximum absolute atomic E-state index is 11.7. The van der Waals surface area contributed by atoms with Gasteiger partial charge in [-0.15, -0.1) is 0 Å². The first kappa shape index (κ1) is 15.0. The number of carbonyl (C=O) groups is 1. The third kappa shape index (κ3) is 4.30. The van der Waals surface area contributed by atoms with Gasteiger partial charge in [0.2, 0.25) is 0 Å². The second-order valence-corrected chi connectivity index (χ2v) is 4.49. The van der Waals surface area contributed by atoms with Gasteiger partial charge in [-0.05, 0) is 28.8 Å². The van der Waals surface area contributed by atoms with Crippen molar-refractivity contribution in [1.82, 2.24) is 0 Å². The van der Waals surface area contributed by atoms with Gasteiger partial charge in [0.05, 0.1) is 13.2 Å². The fourth-order valence-corrected chi connectivity index (χ4v) is 1.88. The van der Waals surface area contributed by atoms with Crippen molar-refractivity contribution in [2.45, 2.75) is 19.8 Å². The number of benzene rings is 2. The zero-order chi connectivity index (χ0) is 15.1. The molecular weight excluding hydrogens is 270 g/mol. The van der Waals surface area contributed by atoms with Crippen LogP contribution in [0.5, 0.6) is 0 Å². The number of amides is 1. The molecule has 0 saturated carbocycles. The SMILES string of the molecule is O=C(Nc1ccc(CO)c(CO)c1)OCc1ccccc1. The minimum atomic E-state index is -0.570. The van der Waals surface area contributed by atoms with Gasteiger partial charge in [-0.1, -0.05) is 36.4 Å². The van der Waals surface area contributed by atoms with Gasteiger partial charge in [-0.2, -0.15) is 0 Å². The van der Waals surface area contributed by atoms with E-state index in [4.69, 9.17) is 9.84 Å². The smallest absolute Gasteiger partial charge is 0.411 e. The van der Waals surface area contributed by atoms with Crippen LogP contribution >= 0.6 is 0 Å². The van der Waals surface area contributed by atoms with Crippen molar-refractivity contribution in [3.63, 3.8) is 0 Å². The summed E-state index contributed by atoms with van der Waals surface area (Å²) in [5.74, 6) is 0. The summed E-state index contributed by atoms with van der Waals surface area (Å²) in [7, 11) is 0. The van der Waals surface area contributed by atoms with Gasteiger partial charge in [0.15, 0.2) is 0 Å². The summed E-state index contributed by atoms with van der Waals surface area (Å²) in [6, 6.07) is 14.3. The lowest BCUT2D eigenvalue weighted by molar-refractivity contribution is 0.155. The van der Waals surface area contributed by atoms with Gasteiger partial charge >= 0.3 is 6.09 Å². The number of hydrogen-bond acceptors (Lipinski definition) is 4. The van der Waals surface area contributed by atoms with E-state index in [-0.39, 0.29) is 19.8 Å². The van der Waals surface area contributed by atoms with Gasteiger partial charge in [0.25, 0.3) is 0 Å². The Balaban J connectivity index is 1.93. The Labute approximate surface area is 122 Å². The molecule has 0 aliphatic heterocycles. The average Bonchev–Trinajstić information content (AvgIpc) is 2.53. The molecule has 0 heterocycles. The highest BCUT2D eigenvalue weighted by molar-refractivity contribution is 5.84. The predicted molar refractivity (Wildman–Crippen MR) is 78.5 cm³/mol. The van der Waals surface area contributed by atoms with Crippen LogP contribution in [0.4, 0.5) is 10.5 Å². The van der Waals surface area contributed by atoms with Crippen molar-refractivity contribution in [3.05, 3.63) is 65.2 Å². The summed E-state index contributed by atoms with van der Waals surface area (Å²) in [5.41, 5.74) is 2.60. The monoisotopic (exact) mass is 287 g/mol. The quantitative estimate of drug-likeness (QED) is 0.789. The zero-order valence-corrected chi connectivity index (χ0v) is 11.5. The van der Waals surface area contributed by atoms with Crippen LogP contribution < -0.4 is 5.32 Å². The molecule has 3 N–H and O–H groups in total. The molecule has 110 valence electrons. The van der Waals surface area contributed by atoms with Crippen LogP contribution in [-0.2, 0) is 24.6 Å². The minimum absolute atomic E-state index is 0.158. The maximum atomic E-state index is 11.7. The second-order valence-electron chi connectivity index (χ2n) is 4.49. The van der Waals surface area contributed by atoms with E-state index >= 15 is 0 Å². The third-order valence-electron chi connectivity index (χ3n) is 3.01. The zero-order valence-electron chi connectivity index (χ0n) is 11.5. The molecule has 2 rings (SSSR count). The number of nitrogens with one attached hydrogen (secondary N) is 1. The van der Waals surface area contributed by atoms with E-state index in [0.717, 1.165) is 5.56 Å². The normalized spacial score (nSPS) is 10.2.